The third-order valence-electron chi connectivity index (χ3n) is 4.65. The number of benzene rings is 2. The summed E-state index contributed by atoms with van der Waals surface area (Å²) < 4.78 is 5.26. The van der Waals surface area contributed by atoms with Crippen LogP contribution in [0.2, 0.25) is 0 Å². The molecule has 0 aromatic heterocycles. The molecule has 0 aliphatic heterocycles. The Morgan fingerprint density at radius 3 is 2.65 bits per heavy atom. The second kappa shape index (κ2) is 6.59. The van der Waals surface area contributed by atoms with Crippen molar-refractivity contribution >= 4 is 16.7 Å². The van der Waals surface area contributed by atoms with Crippen LogP contribution in [0.5, 0.6) is 5.75 Å². The lowest BCUT2D eigenvalue weighted by molar-refractivity contribution is -0.908. The predicted octanol–water partition coefficient (Wildman–Crippen LogP) is 1.53. The lowest BCUT2D eigenvalue weighted by Gasteiger charge is -2.21. The molecule has 1 aliphatic rings. The van der Waals surface area contributed by atoms with Crippen LogP contribution in [0.25, 0.3) is 10.8 Å². The lowest BCUT2D eigenvalue weighted by Crippen LogP contribution is -3.12. The van der Waals surface area contributed by atoms with E-state index in [4.69, 9.17) is 4.74 Å². The Bertz CT molecular complexity index is 710. The molecule has 1 amide bonds. The largest absolute Gasteiger partial charge is 0.497 e. The fourth-order valence-corrected chi connectivity index (χ4v) is 2.76. The second-order valence-corrected chi connectivity index (χ2v) is 6.58. The van der Waals surface area contributed by atoms with Crippen molar-refractivity contribution in [1.29, 1.82) is 0 Å². The first-order valence-corrected chi connectivity index (χ1v) is 8.26. The van der Waals surface area contributed by atoms with Gasteiger partial charge < -0.3 is 15.0 Å². The molecule has 0 saturated heterocycles. The summed E-state index contributed by atoms with van der Waals surface area (Å²) in [7, 11) is 3.76. The first-order chi connectivity index (χ1) is 11.1. The molecule has 1 saturated carbocycles. The maximum absolute atomic E-state index is 12.2. The van der Waals surface area contributed by atoms with Gasteiger partial charge in [-0.15, -0.1) is 0 Å². The number of nitrogens with one attached hydrogen (secondary N) is 2. The quantitative estimate of drug-likeness (QED) is 0.849. The number of likely N-dealkylation sites (N-methyl/N-ethyl adjacent to an activating group) is 1. The van der Waals surface area contributed by atoms with Crippen LogP contribution in [0, 0.1) is 0 Å². The first kappa shape index (κ1) is 15.8. The molecule has 0 spiro atoms. The number of hydrogen-bond donors (Lipinski definition) is 2. The van der Waals surface area contributed by atoms with Crippen molar-refractivity contribution < 1.29 is 14.4 Å². The van der Waals surface area contributed by atoms with Gasteiger partial charge in [0, 0.05) is 11.6 Å². The summed E-state index contributed by atoms with van der Waals surface area (Å²) in [5.41, 5.74) is 1.24. The van der Waals surface area contributed by atoms with Gasteiger partial charge in [0.15, 0.2) is 6.04 Å². The summed E-state index contributed by atoms with van der Waals surface area (Å²) in [6, 6.07) is 12.9. The van der Waals surface area contributed by atoms with Gasteiger partial charge in [0.2, 0.25) is 0 Å². The molecule has 3 rings (SSSR count). The highest BCUT2D eigenvalue weighted by atomic mass is 16.5. The highest BCUT2D eigenvalue weighted by molar-refractivity contribution is 5.84. The van der Waals surface area contributed by atoms with E-state index in [2.05, 4.69) is 36.6 Å². The summed E-state index contributed by atoms with van der Waals surface area (Å²) in [6.45, 7) is 2.83. The summed E-state index contributed by atoms with van der Waals surface area (Å²) in [6.07, 6.45) is 2.26. The van der Waals surface area contributed by atoms with Crippen molar-refractivity contribution in [2.75, 3.05) is 14.2 Å². The fourth-order valence-electron chi connectivity index (χ4n) is 2.76. The van der Waals surface area contributed by atoms with Gasteiger partial charge in [0.25, 0.3) is 5.91 Å². The zero-order chi connectivity index (χ0) is 16.4. The topological polar surface area (TPSA) is 42.8 Å². The number of amides is 1. The molecule has 1 aliphatic carbocycles. The van der Waals surface area contributed by atoms with Crippen LogP contribution in [0.3, 0.4) is 0 Å². The van der Waals surface area contributed by atoms with Crippen molar-refractivity contribution in [2.24, 2.45) is 0 Å². The molecule has 2 aromatic carbocycles. The van der Waals surface area contributed by atoms with Crippen LogP contribution in [-0.4, -0.2) is 32.1 Å². The minimum atomic E-state index is -0.0397. The van der Waals surface area contributed by atoms with E-state index >= 15 is 0 Å². The van der Waals surface area contributed by atoms with Gasteiger partial charge in [-0.05, 0) is 48.7 Å². The zero-order valence-corrected chi connectivity index (χ0v) is 14.1. The van der Waals surface area contributed by atoms with Gasteiger partial charge in [-0.1, -0.05) is 18.2 Å². The molecule has 0 heterocycles. The van der Waals surface area contributed by atoms with Crippen LogP contribution in [0.1, 0.15) is 25.3 Å². The number of quaternary nitrogens is 1. The molecular weight excluding hydrogens is 288 g/mol. The van der Waals surface area contributed by atoms with Gasteiger partial charge in [0.1, 0.15) is 12.3 Å². The van der Waals surface area contributed by atoms with Gasteiger partial charge >= 0.3 is 0 Å². The molecule has 1 unspecified atom stereocenters. The molecule has 4 heteroatoms. The lowest BCUT2D eigenvalue weighted by atomic mass is 10.1. The molecule has 0 radical (unpaired) electrons. The Kier molecular flexibility index (Phi) is 4.53. The van der Waals surface area contributed by atoms with Crippen LogP contribution in [0.4, 0.5) is 0 Å². The smallest absolute Gasteiger partial charge is 0.278 e. The second-order valence-electron chi connectivity index (χ2n) is 6.58. The maximum atomic E-state index is 12.2. The zero-order valence-electron chi connectivity index (χ0n) is 14.1. The van der Waals surface area contributed by atoms with Gasteiger partial charge in [-0.25, -0.2) is 0 Å². The SMILES string of the molecule is COc1ccc2cc(C[NH+](C)[C@@H](C)C(=O)NC3CC3)ccc2c1. The van der Waals surface area contributed by atoms with Crippen molar-refractivity contribution in [3.8, 4) is 5.75 Å². The summed E-state index contributed by atoms with van der Waals surface area (Å²) in [4.78, 5) is 13.4. The van der Waals surface area contributed by atoms with Crippen molar-refractivity contribution in [2.45, 2.75) is 38.4 Å². The summed E-state index contributed by atoms with van der Waals surface area (Å²) >= 11 is 0. The number of carbonyl (C=O) groups excluding carboxylic acids is 1. The highest BCUT2D eigenvalue weighted by Gasteiger charge is 2.29. The minimum absolute atomic E-state index is 0.0397. The number of ether oxygens (including phenoxy) is 1. The normalized spacial score (nSPS) is 16.8. The molecule has 0 bridgehead atoms. The molecule has 23 heavy (non-hydrogen) atoms. The maximum Gasteiger partial charge on any atom is 0.278 e. The van der Waals surface area contributed by atoms with E-state index in [-0.39, 0.29) is 11.9 Å². The molecular formula is C19H25N2O2+. The first-order valence-electron chi connectivity index (χ1n) is 8.26. The fraction of sp³-hybridized carbons (Fsp3) is 0.421. The summed E-state index contributed by atoms with van der Waals surface area (Å²) in [5, 5.41) is 5.46. The van der Waals surface area contributed by atoms with Crippen LogP contribution >= 0.6 is 0 Å². The molecule has 1 fully saturated rings. The Balaban J connectivity index is 1.68. The molecule has 2 atom stereocenters. The van der Waals surface area contributed by atoms with E-state index < -0.39 is 0 Å². The van der Waals surface area contributed by atoms with Gasteiger partial charge in [0.05, 0.1) is 14.2 Å². The number of fused-ring (bicyclic) bond motifs is 1. The average Bonchev–Trinajstić information content (AvgIpc) is 3.37. The van der Waals surface area contributed by atoms with Gasteiger partial charge in [-0.3, -0.25) is 4.79 Å². The van der Waals surface area contributed by atoms with E-state index in [1.54, 1.807) is 7.11 Å². The summed E-state index contributed by atoms with van der Waals surface area (Å²) in [5.74, 6) is 1.04. The monoisotopic (exact) mass is 313 g/mol. The predicted molar refractivity (Wildman–Crippen MR) is 91.7 cm³/mol. The number of hydrogen-bond acceptors (Lipinski definition) is 2. The van der Waals surface area contributed by atoms with Crippen LogP contribution in [-0.2, 0) is 11.3 Å². The molecule has 4 nitrogen and oxygen atoms in total. The number of carbonyl (C=O) groups is 1. The van der Waals surface area contributed by atoms with Gasteiger partial charge in [-0.2, -0.15) is 0 Å². The third kappa shape index (κ3) is 3.82. The van der Waals surface area contributed by atoms with E-state index in [1.807, 2.05) is 19.1 Å². The third-order valence-corrected chi connectivity index (χ3v) is 4.65. The Morgan fingerprint density at radius 1 is 1.26 bits per heavy atom. The van der Waals surface area contributed by atoms with Crippen molar-refractivity contribution in [3.63, 3.8) is 0 Å². The van der Waals surface area contributed by atoms with E-state index in [0.29, 0.717) is 6.04 Å². The molecule has 2 N–H and O–H groups in total. The van der Waals surface area contributed by atoms with Crippen molar-refractivity contribution in [3.05, 3.63) is 42.0 Å². The molecule has 122 valence electrons. The number of methoxy groups -OCH3 is 1. The average molecular weight is 313 g/mol. The Hall–Kier alpha value is -2.07. The van der Waals surface area contributed by atoms with Crippen LogP contribution in [0.15, 0.2) is 36.4 Å². The van der Waals surface area contributed by atoms with E-state index in [1.165, 1.54) is 21.2 Å². The molecule has 2 aromatic rings. The standard InChI is InChI=1S/C19H24N2O2/c1-13(19(22)20-17-7-8-17)21(2)12-14-4-5-16-11-18(23-3)9-6-15(16)10-14/h4-6,9-11,13,17H,7-8,12H2,1-3H3,(H,20,22)/p+1/t13-/m0/s1. The highest BCUT2D eigenvalue weighted by Crippen LogP contribution is 2.21. The Morgan fingerprint density at radius 2 is 1.96 bits per heavy atom. The van der Waals surface area contributed by atoms with E-state index in [0.717, 1.165) is 25.1 Å². The number of rotatable bonds is 6. The van der Waals surface area contributed by atoms with Crippen LogP contribution < -0.4 is 15.0 Å². The minimum Gasteiger partial charge on any atom is -0.497 e. The Labute approximate surface area is 137 Å². The van der Waals surface area contributed by atoms with E-state index in [9.17, 15) is 4.79 Å². The van der Waals surface area contributed by atoms with Crippen molar-refractivity contribution in [1.82, 2.24) is 5.32 Å².